The van der Waals surface area contributed by atoms with Crippen LogP contribution >= 0.6 is 0 Å². The largest absolute Gasteiger partial charge is 0.389 e. The van der Waals surface area contributed by atoms with Crippen molar-refractivity contribution in [1.29, 1.82) is 0 Å². The molecule has 3 heteroatoms. The summed E-state index contributed by atoms with van der Waals surface area (Å²) in [5.74, 6) is -0.336. The Morgan fingerprint density at radius 1 is 1.38 bits per heavy atom. The van der Waals surface area contributed by atoms with E-state index in [9.17, 15) is 4.79 Å². The molecule has 0 bridgehead atoms. The fraction of sp³-hybridized carbons (Fsp3) is 0.700. The molecule has 0 N–H and O–H groups in total. The third-order valence-corrected chi connectivity index (χ3v) is 2.23. The highest BCUT2D eigenvalue weighted by Crippen LogP contribution is 2.09. The highest BCUT2D eigenvalue weighted by Gasteiger charge is 2.27. The molecule has 0 aromatic carbocycles. The lowest BCUT2D eigenvalue weighted by Crippen LogP contribution is -2.49. The predicted octanol–water partition coefficient (Wildman–Crippen LogP) is 1.90. The van der Waals surface area contributed by atoms with Gasteiger partial charge in [-0.25, -0.2) is 4.79 Å². The zero-order chi connectivity index (χ0) is 10.3. The van der Waals surface area contributed by atoms with E-state index < -0.39 is 0 Å². The Morgan fingerprint density at radius 3 is 2.23 bits per heavy atom. The van der Waals surface area contributed by atoms with Crippen LogP contribution in [0.25, 0.3) is 0 Å². The number of hydrogen-bond acceptors (Lipinski definition) is 2. The summed E-state index contributed by atoms with van der Waals surface area (Å²) in [5.41, 5.74) is 0. The van der Waals surface area contributed by atoms with Crippen LogP contribution in [0, 0.1) is 0 Å². The van der Waals surface area contributed by atoms with Gasteiger partial charge in [0.2, 0.25) is 0 Å². The first-order chi connectivity index (χ1) is 6.14. The van der Waals surface area contributed by atoms with Crippen LogP contribution in [0.1, 0.15) is 27.2 Å². The zero-order valence-corrected chi connectivity index (χ0v) is 8.88. The number of hydroxylamine groups is 3. The molecule has 0 saturated heterocycles. The van der Waals surface area contributed by atoms with E-state index >= 15 is 0 Å². The minimum Gasteiger partial charge on any atom is -0.272 e. The zero-order valence-electron chi connectivity index (χ0n) is 8.88. The first-order valence-corrected chi connectivity index (χ1v) is 4.86. The molecular weight excluding hydrogens is 166 g/mol. The van der Waals surface area contributed by atoms with Gasteiger partial charge in [0.05, 0.1) is 0 Å². The Balaban J connectivity index is 4.36. The van der Waals surface area contributed by atoms with E-state index in [0.717, 1.165) is 26.1 Å². The van der Waals surface area contributed by atoms with Gasteiger partial charge in [0.15, 0.2) is 0 Å². The molecular formula is C10H20NO2+. The van der Waals surface area contributed by atoms with E-state index in [1.165, 1.54) is 6.08 Å². The van der Waals surface area contributed by atoms with E-state index in [1.54, 1.807) is 0 Å². The molecule has 0 aromatic rings. The fourth-order valence-corrected chi connectivity index (χ4v) is 1.35. The number of quaternary nitrogens is 1. The van der Waals surface area contributed by atoms with Crippen LogP contribution in [0.3, 0.4) is 0 Å². The van der Waals surface area contributed by atoms with Gasteiger partial charge in [-0.15, -0.1) is 4.65 Å². The van der Waals surface area contributed by atoms with Crippen molar-refractivity contribution in [3.8, 4) is 0 Å². The van der Waals surface area contributed by atoms with Gasteiger partial charge in [0.25, 0.3) is 0 Å². The maximum Gasteiger partial charge on any atom is 0.389 e. The van der Waals surface area contributed by atoms with Crippen LogP contribution in [-0.2, 0) is 9.63 Å². The lowest BCUT2D eigenvalue weighted by Gasteiger charge is -2.31. The van der Waals surface area contributed by atoms with Gasteiger partial charge in [-0.3, -0.25) is 4.84 Å². The molecule has 0 aliphatic rings. The van der Waals surface area contributed by atoms with Gasteiger partial charge in [0, 0.05) is 6.08 Å². The summed E-state index contributed by atoms with van der Waals surface area (Å²) >= 11 is 0. The Morgan fingerprint density at radius 2 is 1.92 bits per heavy atom. The molecule has 0 rings (SSSR count). The Hall–Kier alpha value is -0.830. The number of hydrogen-bond donors (Lipinski definition) is 0. The van der Waals surface area contributed by atoms with E-state index in [4.69, 9.17) is 4.84 Å². The second-order valence-corrected chi connectivity index (χ2v) is 3.03. The van der Waals surface area contributed by atoms with Gasteiger partial charge >= 0.3 is 5.97 Å². The van der Waals surface area contributed by atoms with Crippen LogP contribution in [0.4, 0.5) is 0 Å². The molecule has 0 aliphatic carbocycles. The van der Waals surface area contributed by atoms with Gasteiger partial charge in [-0.05, 0) is 20.3 Å². The SMILES string of the molecule is C=CC(=O)O[N+](CC)(CC)CCC. The number of carbonyl (C=O) groups excluding carboxylic acids is 1. The molecule has 0 unspecified atom stereocenters. The predicted molar refractivity (Wildman–Crippen MR) is 52.8 cm³/mol. The van der Waals surface area contributed by atoms with Crippen molar-refractivity contribution < 1.29 is 14.3 Å². The minimum absolute atomic E-state index is 0.336. The fourth-order valence-electron chi connectivity index (χ4n) is 1.35. The summed E-state index contributed by atoms with van der Waals surface area (Å²) in [6.07, 6.45) is 2.22. The molecule has 0 spiro atoms. The summed E-state index contributed by atoms with van der Waals surface area (Å²) < 4.78 is 0.404. The normalized spacial score (nSPS) is 11.0. The molecule has 0 fully saturated rings. The highest BCUT2D eigenvalue weighted by molar-refractivity contribution is 5.80. The number of nitrogens with zero attached hydrogens (tertiary/aromatic N) is 1. The molecule has 0 heterocycles. The number of carbonyl (C=O) groups is 1. The van der Waals surface area contributed by atoms with E-state index in [0.29, 0.717) is 4.65 Å². The van der Waals surface area contributed by atoms with E-state index in [2.05, 4.69) is 13.5 Å². The van der Waals surface area contributed by atoms with Crippen LogP contribution in [0.5, 0.6) is 0 Å². The Kier molecular flexibility index (Phi) is 5.39. The van der Waals surface area contributed by atoms with Gasteiger partial charge in [-0.2, -0.15) is 0 Å². The molecule has 0 aromatic heterocycles. The standard InChI is InChI=1S/C10H20NO2/c1-5-9-11(7-3,8-4)13-10(12)6-2/h6H,2,5,7-9H2,1,3-4H3/q+1. The highest BCUT2D eigenvalue weighted by atomic mass is 16.7. The quantitative estimate of drug-likeness (QED) is 0.360. The van der Waals surface area contributed by atoms with Crippen LogP contribution in [0.15, 0.2) is 12.7 Å². The summed E-state index contributed by atoms with van der Waals surface area (Å²) in [6.45, 7) is 12.0. The maximum absolute atomic E-state index is 11.1. The van der Waals surface area contributed by atoms with Crippen molar-refractivity contribution in [1.82, 2.24) is 0 Å². The second-order valence-electron chi connectivity index (χ2n) is 3.03. The van der Waals surface area contributed by atoms with E-state index in [-0.39, 0.29) is 5.97 Å². The van der Waals surface area contributed by atoms with Crippen LogP contribution in [-0.4, -0.2) is 30.2 Å². The lowest BCUT2D eigenvalue weighted by atomic mass is 10.4. The smallest absolute Gasteiger partial charge is 0.272 e. The molecule has 0 saturated carbocycles. The molecule has 0 aliphatic heterocycles. The topological polar surface area (TPSA) is 26.3 Å². The molecule has 3 nitrogen and oxygen atoms in total. The second kappa shape index (κ2) is 5.75. The average molecular weight is 186 g/mol. The maximum atomic E-state index is 11.1. The van der Waals surface area contributed by atoms with Crippen molar-refractivity contribution >= 4 is 5.97 Å². The van der Waals surface area contributed by atoms with Crippen molar-refractivity contribution in [3.63, 3.8) is 0 Å². The summed E-state index contributed by atoms with van der Waals surface area (Å²) in [6, 6.07) is 0. The van der Waals surface area contributed by atoms with Gasteiger partial charge < -0.3 is 0 Å². The van der Waals surface area contributed by atoms with Crippen molar-refractivity contribution in [2.45, 2.75) is 27.2 Å². The first kappa shape index (κ1) is 12.2. The third kappa shape index (κ3) is 3.59. The molecule has 0 radical (unpaired) electrons. The molecule has 13 heavy (non-hydrogen) atoms. The van der Waals surface area contributed by atoms with Crippen molar-refractivity contribution in [2.75, 3.05) is 19.6 Å². The van der Waals surface area contributed by atoms with Gasteiger partial charge in [-0.1, -0.05) is 13.5 Å². The molecule has 0 amide bonds. The summed E-state index contributed by atoms with van der Waals surface area (Å²) in [5, 5.41) is 0. The van der Waals surface area contributed by atoms with Crippen molar-refractivity contribution in [3.05, 3.63) is 12.7 Å². The summed E-state index contributed by atoms with van der Waals surface area (Å²) in [7, 11) is 0. The summed E-state index contributed by atoms with van der Waals surface area (Å²) in [4.78, 5) is 16.4. The average Bonchev–Trinajstić information content (AvgIpc) is 2.17. The van der Waals surface area contributed by atoms with Crippen molar-refractivity contribution in [2.24, 2.45) is 0 Å². The lowest BCUT2D eigenvalue weighted by molar-refractivity contribution is -1.09. The number of rotatable bonds is 6. The van der Waals surface area contributed by atoms with Crippen LogP contribution in [0.2, 0.25) is 0 Å². The molecule has 0 atom stereocenters. The third-order valence-electron chi connectivity index (χ3n) is 2.23. The first-order valence-electron chi connectivity index (χ1n) is 4.86. The Bertz CT molecular complexity index is 174. The molecule has 76 valence electrons. The minimum atomic E-state index is -0.336. The van der Waals surface area contributed by atoms with Crippen LogP contribution < -0.4 is 0 Å². The van der Waals surface area contributed by atoms with Gasteiger partial charge in [0.1, 0.15) is 19.6 Å². The Labute approximate surface area is 80.5 Å². The monoisotopic (exact) mass is 186 g/mol. The van der Waals surface area contributed by atoms with E-state index in [1.807, 2.05) is 13.8 Å².